The molecule has 82 valence electrons. The molecule has 0 amide bonds. The molecule has 2 aliphatic carbocycles. The van der Waals surface area contributed by atoms with Crippen LogP contribution in [0.2, 0.25) is 0 Å². The predicted octanol–water partition coefficient (Wildman–Crippen LogP) is 3.73. The minimum Gasteiger partial charge on any atom is -0.250 e. The first-order chi connectivity index (χ1) is 7.32. The average molecular weight is 242 g/mol. The molecule has 0 aromatic carbocycles. The summed E-state index contributed by atoms with van der Waals surface area (Å²) in [6.07, 6.45) is 6.73. The fourth-order valence-electron chi connectivity index (χ4n) is 3.67. The van der Waals surface area contributed by atoms with Gasteiger partial charge in [-0.05, 0) is 42.9 Å². The van der Waals surface area contributed by atoms with E-state index in [2.05, 4.69) is 10.4 Å². The van der Waals surface area contributed by atoms with Crippen molar-refractivity contribution < 1.29 is 0 Å². The molecule has 2 fully saturated rings. The molecular weight excluding hydrogens is 226 g/mol. The highest BCUT2D eigenvalue weighted by molar-refractivity contribution is 7.07. The predicted molar refractivity (Wildman–Crippen MR) is 64.4 cm³/mol. The highest BCUT2D eigenvalue weighted by Crippen LogP contribution is 2.57. The molecule has 3 atom stereocenters. The highest BCUT2D eigenvalue weighted by atomic mass is 35.5. The summed E-state index contributed by atoms with van der Waals surface area (Å²) in [5, 5.41) is 2.18. The van der Waals surface area contributed by atoms with Gasteiger partial charge in [-0.2, -0.15) is 0 Å². The largest absolute Gasteiger partial charge is 0.250 e. The molecule has 1 heterocycles. The van der Waals surface area contributed by atoms with Gasteiger partial charge in [-0.15, -0.1) is 22.9 Å². The van der Waals surface area contributed by atoms with E-state index in [0.29, 0.717) is 5.41 Å². The van der Waals surface area contributed by atoms with Gasteiger partial charge in [-0.1, -0.05) is 6.42 Å². The Hall–Kier alpha value is -0.0800. The number of halogens is 1. The number of hydrogen-bond donors (Lipinski definition) is 0. The summed E-state index contributed by atoms with van der Waals surface area (Å²) in [6, 6.07) is 0. The first-order valence-corrected chi connectivity index (χ1v) is 7.23. The van der Waals surface area contributed by atoms with E-state index >= 15 is 0 Å². The van der Waals surface area contributed by atoms with Crippen molar-refractivity contribution in [1.29, 1.82) is 0 Å². The molecule has 2 saturated carbocycles. The highest BCUT2D eigenvalue weighted by Gasteiger charge is 2.50. The van der Waals surface area contributed by atoms with Crippen LogP contribution >= 0.6 is 22.9 Å². The molecule has 1 aromatic heterocycles. The van der Waals surface area contributed by atoms with E-state index in [1.54, 1.807) is 11.3 Å². The Bertz CT molecular complexity index is 337. The summed E-state index contributed by atoms with van der Waals surface area (Å²) in [5.41, 5.74) is 3.58. The fourth-order valence-corrected chi connectivity index (χ4v) is 4.65. The van der Waals surface area contributed by atoms with Crippen molar-refractivity contribution in [3.8, 4) is 0 Å². The molecule has 0 radical (unpaired) electrons. The Balaban J connectivity index is 1.82. The molecule has 2 aliphatic rings. The van der Waals surface area contributed by atoms with Crippen LogP contribution in [0, 0.1) is 17.3 Å². The summed E-state index contributed by atoms with van der Waals surface area (Å²) in [6.45, 7) is 0. The van der Waals surface area contributed by atoms with Crippen LogP contribution in [0.1, 0.15) is 31.4 Å². The zero-order chi connectivity index (χ0) is 10.3. The van der Waals surface area contributed by atoms with Crippen molar-refractivity contribution in [3.63, 3.8) is 0 Å². The third kappa shape index (κ3) is 1.62. The summed E-state index contributed by atoms with van der Waals surface area (Å²) in [7, 11) is 0. The maximum absolute atomic E-state index is 6.25. The second-order valence-corrected chi connectivity index (χ2v) is 6.22. The number of aromatic nitrogens is 1. The van der Waals surface area contributed by atoms with Crippen molar-refractivity contribution >= 4 is 22.9 Å². The summed E-state index contributed by atoms with van der Waals surface area (Å²) >= 11 is 7.95. The first-order valence-electron chi connectivity index (χ1n) is 5.75. The molecular formula is C12H16ClNS. The smallest absolute Gasteiger partial charge is 0.0794 e. The van der Waals surface area contributed by atoms with Crippen LogP contribution in [0.25, 0.3) is 0 Å². The summed E-state index contributed by atoms with van der Waals surface area (Å²) < 4.78 is 0. The fraction of sp³-hybridized carbons (Fsp3) is 0.750. The third-order valence-electron chi connectivity index (χ3n) is 4.39. The van der Waals surface area contributed by atoms with Gasteiger partial charge in [-0.25, -0.2) is 4.98 Å². The number of thiazole rings is 1. The van der Waals surface area contributed by atoms with Crippen molar-refractivity contribution in [2.24, 2.45) is 17.3 Å². The summed E-state index contributed by atoms with van der Waals surface area (Å²) in [4.78, 5) is 4.42. The normalized spacial score (nSPS) is 38.7. The van der Waals surface area contributed by atoms with Gasteiger partial charge in [0, 0.05) is 11.3 Å². The van der Waals surface area contributed by atoms with Crippen LogP contribution in [-0.2, 0) is 6.42 Å². The van der Waals surface area contributed by atoms with Crippen molar-refractivity contribution in [1.82, 2.24) is 4.98 Å². The molecule has 1 aromatic rings. The van der Waals surface area contributed by atoms with Gasteiger partial charge in [0.1, 0.15) is 0 Å². The van der Waals surface area contributed by atoms with Gasteiger partial charge < -0.3 is 0 Å². The number of fused-ring (bicyclic) bond motifs is 2. The molecule has 2 bridgehead atoms. The Labute approximate surface area is 99.9 Å². The topological polar surface area (TPSA) is 12.9 Å². The number of rotatable bonds is 3. The Kier molecular flexibility index (Phi) is 2.52. The van der Waals surface area contributed by atoms with Crippen molar-refractivity contribution in [2.75, 3.05) is 5.88 Å². The SMILES string of the molecule is ClCC1(Cc2cscn2)CC2CCC1C2. The lowest BCUT2D eigenvalue weighted by Crippen LogP contribution is -2.32. The lowest BCUT2D eigenvalue weighted by Gasteiger charge is -2.35. The zero-order valence-corrected chi connectivity index (χ0v) is 10.4. The van der Waals surface area contributed by atoms with Crippen LogP contribution in [-0.4, -0.2) is 10.9 Å². The molecule has 0 aliphatic heterocycles. The standard InChI is InChI=1S/C12H16ClNS/c13-7-12(5-11-6-15-8-14-11)4-9-1-2-10(12)3-9/h6,8-10H,1-5,7H2. The van der Waals surface area contributed by atoms with Crippen molar-refractivity contribution in [2.45, 2.75) is 32.1 Å². The van der Waals surface area contributed by atoms with Crippen molar-refractivity contribution in [3.05, 3.63) is 16.6 Å². The lowest BCUT2D eigenvalue weighted by molar-refractivity contribution is 0.191. The van der Waals surface area contributed by atoms with E-state index in [0.717, 1.165) is 24.1 Å². The van der Waals surface area contributed by atoms with Gasteiger partial charge >= 0.3 is 0 Å². The third-order valence-corrected chi connectivity index (χ3v) is 5.55. The number of alkyl halides is 1. The maximum Gasteiger partial charge on any atom is 0.0794 e. The van der Waals surface area contributed by atoms with E-state index < -0.39 is 0 Å². The molecule has 3 rings (SSSR count). The van der Waals surface area contributed by atoms with E-state index in [4.69, 9.17) is 11.6 Å². The van der Waals surface area contributed by atoms with Crippen LogP contribution in [0.15, 0.2) is 10.9 Å². The van der Waals surface area contributed by atoms with Gasteiger partial charge in [0.05, 0.1) is 11.2 Å². The molecule has 0 N–H and O–H groups in total. The zero-order valence-electron chi connectivity index (χ0n) is 8.79. The quantitative estimate of drug-likeness (QED) is 0.735. The maximum atomic E-state index is 6.25. The number of hydrogen-bond acceptors (Lipinski definition) is 2. The van der Waals surface area contributed by atoms with Crippen LogP contribution in [0.3, 0.4) is 0 Å². The Morgan fingerprint density at radius 3 is 3.00 bits per heavy atom. The van der Waals surface area contributed by atoms with Gasteiger partial charge in [0.15, 0.2) is 0 Å². The molecule has 15 heavy (non-hydrogen) atoms. The van der Waals surface area contributed by atoms with E-state index in [9.17, 15) is 0 Å². The molecule has 3 heteroatoms. The number of nitrogens with zero attached hydrogens (tertiary/aromatic N) is 1. The Morgan fingerprint density at radius 2 is 2.47 bits per heavy atom. The Morgan fingerprint density at radius 1 is 1.53 bits per heavy atom. The lowest BCUT2D eigenvalue weighted by atomic mass is 9.72. The minimum absolute atomic E-state index is 0.387. The van der Waals surface area contributed by atoms with Gasteiger partial charge in [0.2, 0.25) is 0 Å². The molecule has 0 spiro atoms. The second-order valence-electron chi connectivity index (χ2n) is 5.23. The van der Waals surface area contributed by atoms with E-state index in [-0.39, 0.29) is 0 Å². The minimum atomic E-state index is 0.387. The van der Waals surface area contributed by atoms with E-state index in [1.165, 1.54) is 31.4 Å². The molecule has 1 nitrogen and oxygen atoms in total. The first kappa shape index (κ1) is 10.1. The van der Waals surface area contributed by atoms with Gasteiger partial charge in [-0.3, -0.25) is 0 Å². The van der Waals surface area contributed by atoms with Crippen LogP contribution in [0.4, 0.5) is 0 Å². The second kappa shape index (κ2) is 3.74. The average Bonchev–Trinajstić information content (AvgIpc) is 2.93. The van der Waals surface area contributed by atoms with Crippen LogP contribution in [0.5, 0.6) is 0 Å². The van der Waals surface area contributed by atoms with Crippen LogP contribution < -0.4 is 0 Å². The van der Waals surface area contributed by atoms with Gasteiger partial charge in [0.25, 0.3) is 0 Å². The summed E-state index contributed by atoms with van der Waals surface area (Å²) in [5.74, 6) is 2.67. The monoisotopic (exact) mass is 241 g/mol. The molecule has 3 unspecified atom stereocenters. The molecule has 0 saturated heterocycles. The van der Waals surface area contributed by atoms with E-state index in [1.807, 2.05) is 5.51 Å².